The van der Waals surface area contributed by atoms with Crippen LogP contribution in [-0.4, -0.2) is 91.9 Å². The van der Waals surface area contributed by atoms with E-state index in [0.717, 1.165) is 22.1 Å². The van der Waals surface area contributed by atoms with E-state index in [1.165, 1.54) is 11.0 Å². The van der Waals surface area contributed by atoms with Crippen LogP contribution in [0.2, 0.25) is 0 Å². The number of pyridine rings is 2. The molecule has 1 aliphatic carbocycles. The SMILES string of the molecule is CC[C@@]1(O)C(=O)OCc2c1cc1n(c2=O)Cc2c-1nc1cc(F)c(C)c3c1c2[C@@H](NC(O)CCCNC(=O)[C@H](CCCCN)CC(=O)[C@@H](NC(=O)CCCCCN1C(=O)CC(C)C1=O)C(C)C)CC3. The van der Waals surface area contributed by atoms with Gasteiger partial charge >= 0.3 is 5.97 Å². The molecule has 7 rings (SSSR count). The number of ketones is 1. The van der Waals surface area contributed by atoms with Crippen molar-refractivity contribution in [3.05, 3.63) is 61.7 Å². The van der Waals surface area contributed by atoms with E-state index in [9.17, 15) is 43.8 Å². The first-order valence-electron chi connectivity index (χ1n) is 24.8. The van der Waals surface area contributed by atoms with Gasteiger partial charge in [0.15, 0.2) is 11.4 Å². The second-order valence-corrected chi connectivity index (χ2v) is 19.8. The fraction of sp³-hybridized carbons (Fsp3) is 0.608. The number of cyclic esters (lactones) is 1. The number of likely N-dealkylation sites (tertiary alicyclic amines) is 1. The zero-order chi connectivity index (χ0) is 49.9. The third kappa shape index (κ3) is 10.5. The Hall–Kier alpha value is -5.43. The molecule has 0 spiro atoms. The number of carbonyl (C=O) groups excluding carboxylic acids is 6. The fourth-order valence-electron chi connectivity index (χ4n) is 10.6. The molecule has 2 unspecified atom stereocenters. The summed E-state index contributed by atoms with van der Waals surface area (Å²) in [5, 5.41) is 32.8. The Morgan fingerprint density at radius 1 is 1.03 bits per heavy atom. The Balaban J connectivity index is 0.967. The number of fused-ring (bicyclic) bond motifs is 5. The van der Waals surface area contributed by atoms with Crippen molar-refractivity contribution in [2.45, 2.75) is 162 Å². The van der Waals surface area contributed by atoms with Gasteiger partial charge in [-0.15, -0.1) is 0 Å². The normalized spacial score (nSPS) is 20.7. The first-order chi connectivity index (χ1) is 32.9. The minimum absolute atomic E-state index is 0.0126. The highest BCUT2D eigenvalue weighted by Crippen LogP contribution is 2.46. The molecule has 69 heavy (non-hydrogen) atoms. The largest absolute Gasteiger partial charge is 0.458 e. The van der Waals surface area contributed by atoms with Gasteiger partial charge in [0.2, 0.25) is 23.6 Å². The van der Waals surface area contributed by atoms with Gasteiger partial charge in [-0.2, -0.15) is 0 Å². The van der Waals surface area contributed by atoms with Gasteiger partial charge in [0, 0.05) is 72.8 Å². The third-order valence-corrected chi connectivity index (χ3v) is 14.6. The highest BCUT2D eigenvalue weighted by Gasteiger charge is 2.46. The summed E-state index contributed by atoms with van der Waals surface area (Å²) in [5.41, 5.74) is 7.76. The Labute approximate surface area is 401 Å². The lowest BCUT2D eigenvalue weighted by atomic mass is 9.81. The van der Waals surface area contributed by atoms with Crippen LogP contribution in [0.3, 0.4) is 0 Å². The van der Waals surface area contributed by atoms with E-state index in [1.54, 1.807) is 31.4 Å². The van der Waals surface area contributed by atoms with Crippen molar-refractivity contribution in [2.24, 2.45) is 23.5 Å². The number of nitrogens with one attached hydrogen (secondary N) is 3. The number of rotatable bonds is 23. The molecule has 2 aromatic heterocycles. The lowest BCUT2D eigenvalue weighted by Gasteiger charge is -2.31. The maximum Gasteiger partial charge on any atom is 0.343 e. The first-order valence-corrected chi connectivity index (χ1v) is 24.8. The number of hydrogen-bond donors (Lipinski definition) is 6. The average molecular weight is 958 g/mol. The summed E-state index contributed by atoms with van der Waals surface area (Å²) in [5.74, 6) is -3.55. The molecule has 3 aromatic rings. The molecule has 1 aromatic carbocycles. The number of aromatic nitrogens is 2. The molecule has 6 atom stereocenters. The standard InChI is InChI=1S/C51H68FN7O10/c1-6-51(68)34-23-38-46-32(25-59(38)49(66)33(34)26-69-50(51)67)44-36(17-16-31-29(5)35(52)24-37(56-46)43(31)44)55-40(61)15-12-19-54-47(64)30(13-9-10-18-53)22-39(60)45(27(2)3)57-41(62)14-8-7-11-20-58-42(63)21-28(4)48(58)65/h23-24,27-28,30,36,40,45,55,61,68H,6-22,25-26,53H2,1-5H3,(H,54,64)(H,57,62)/t28?,30-,36+,40?,45+,51+/m1/s1. The van der Waals surface area contributed by atoms with E-state index >= 15 is 4.39 Å². The van der Waals surface area contributed by atoms with Gasteiger partial charge in [-0.05, 0) is 99.9 Å². The number of ether oxygens (including phenoxy) is 1. The lowest BCUT2D eigenvalue weighted by molar-refractivity contribution is -0.172. The zero-order valence-corrected chi connectivity index (χ0v) is 40.5. The molecule has 374 valence electrons. The average Bonchev–Trinajstić information content (AvgIpc) is 3.80. The Morgan fingerprint density at radius 3 is 2.49 bits per heavy atom. The molecule has 0 saturated carbocycles. The summed E-state index contributed by atoms with van der Waals surface area (Å²) in [6.45, 7) is 9.64. The van der Waals surface area contributed by atoms with E-state index in [1.807, 2.05) is 13.8 Å². The van der Waals surface area contributed by atoms with E-state index in [4.69, 9.17) is 15.5 Å². The van der Waals surface area contributed by atoms with Gasteiger partial charge in [-0.3, -0.25) is 39.0 Å². The predicted octanol–water partition coefficient (Wildman–Crippen LogP) is 4.12. The second-order valence-electron chi connectivity index (χ2n) is 19.8. The number of Topliss-reactive ketones (excluding diaryl/α,β-unsaturated/α-hetero) is 1. The Morgan fingerprint density at radius 2 is 1.80 bits per heavy atom. The summed E-state index contributed by atoms with van der Waals surface area (Å²) in [7, 11) is 0. The van der Waals surface area contributed by atoms with Crippen molar-refractivity contribution in [3.63, 3.8) is 0 Å². The summed E-state index contributed by atoms with van der Waals surface area (Å²) < 4.78 is 22.2. The molecule has 4 amide bonds. The zero-order valence-electron chi connectivity index (χ0n) is 40.5. The molecule has 1 saturated heterocycles. The first kappa shape index (κ1) is 51.4. The lowest BCUT2D eigenvalue weighted by Crippen LogP contribution is -2.46. The second kappa shape index (κ2) is 21.7. The van der Waals surface area contributed by atoms with Crippen molar-refractivity contribution in [2.75, 3.05) is 19.6 Å². The smallest absolute Gasteiger partial charge is 0.343 e. The molecular formula is C51H68FN7O10. The van der Waals surface area contributed by atoms with Gasteiger partial charge in [0.1, 0.15) is 18.7 Å². The number of unbranched alkanes of at least 4 members (excludes halogenated alkanes) is 3. The van der Waals surface area contributed by atoms with Crippen LogP contribution in [-0.2, 0) is 58.7 Å². The van der Waals surface area contributed by atoms with E-state index < -0.39 is 47.2 Å². The van der Waals surface area contributed by atoms with Gasteiger partial charge in [0.25, 0.3) is 5.56 Å². The van der Waals surface area contributed by atoms with Gasteiger partial charge in [-0.1, -0.05) is 40.5 Å². The number of nitrogens with zero attached hydrogens (tertiary/aromatic N) is 3. The van der Waals surface area contributed by atoms with E-state index in [-0.39, 0.29) is 104 Å². The summed E-state index contributed by atoms with van der Waals surface area (Å²) in [4.78, 5) is 97.6. The quantitative estimate of drug-likeness (QED) is 0.0265. The number of carbonyl (C=O) groups is 6. The summed E-state index contributed by atoms with van der Waals surface area (Å²) >= 11 is 0. The van der Waals surface area contributed by atoms with E-state index in [2.05, 4.69) is 16.0 Å². The molecule has 0 bridgehead atoms. The van der Waals surface area contributed by atoms with Crippen LogP contribution in [0.1, 0.15) is 151 Å². The van der Waals surface area contributed by atoms with Crippen molar-refractivity contribution < 1.29 is 48.1 Å². The minimum Gasteiger partial charge on any atom is -0.458 e. The molecule has 0 radical (unpaired) electrons. The number of nitrogens with two attached hydrogens (primary N) is 1. The molecule has 4 aliphatic rings. The van der Waals surface area contributed by atoms with Gasteiger partial charge in [-0.25, -0.2) is 14.2 Å². The Kier molecular flexibility index (Phi) is 16.2. The van der Waals surface area contributed by atoms with Crippen LogP contribution in [0.25, 0.3) is 22.3 Å². The van der Waals surface area contributed by atoms with Crippen LogP contribution in [0.4, 0.5) is 4.39 Å². The molecule has 7 N–H and O–H groups in total. The molecule has 3 aliphatic heterocycles. The number of hydrogen-bond acceptors (Lipinski definition) is 13. The minimum atomic E-state index is -2.01. The number of imide groups is 1. The Bertz CT molecular complexity index is 2580. The molecule has 17 nitrogen and oxygen atoms in total. The molecular weight excluding hydrogens is 890 g/mol. The van der Waals surface area contributed by atoms with Crippen LogP contribution < -0.4 is 27.2 Å². The number of aliphatic hydroxyl groups excluding tert-OH is 1. The van der Waals surface area contributed by atoms with Crippen molar-refractivity contribution >= 4 is 46.3 Å². The van der Waals surface area contributed by atoms with Gasteiger partial charge < -0.3 is 35.9 Å². The monoisotopic (exact) mass is 958 g/mol. The van der Waals surface area contributed by atoms with Crippen molar-refractivity contribution in [1.29, 1.82) is 0 Å². The van der Waals surface area contributed by atoms with Crippen molar-refractivity contribution in [3.8, 4) is 11.4 Å². The number of amides is 4. The predicted molar refractivity (Wildman–Crippen MR) is 253 cm³/mol. The maximum atomic E-state index is 15.4. The van der Waals surface area contributed by atoms with Crippen LogP contribution >= 0.6 is 0 Å². The summed E-state index contributed by atoms with van der Waals surface area (Å²) in [6, 6.07) is 1.80. The number of benzene rings is 1. The number of halogens is 1. The number of esters is 1. The van der Waals surface area contributed by atoms with Gasteiger partial charge in [0.05, 0.1) is 35.1 Å². The highest BCUT2D eigenvalue weighted by molar-refractivity contribution is 6.03. The summed E-state index contributed by atoms with van der Waals surface area (Å²) in [6.07, 6.45) is 4.48. The molecule has 1 fully saturated rings. The molecule has 5 heterocycles. The fourth-order valence-corrected chi connectivity index (χ4v) is 10.6. The van der Waals surface area contributed by atoms with E-state index in [0.29, 0.717) is 93.3 Å². The van der Waals surface area contributed by atoms with Crippen molar-refractivity contribution in [1.82, 2.24) is 30.4 Å². The van der Waals surface area contributed by atoms with Crippen LogP contribution in [0, 0.1) is 30.5 Å². The van der Waals surface area contributed by atoms with Crippen LogP contribution in [0.15, 0.2) is 16.9 Å². The van der Waals surface area contributed by atoms with Crippen LogP contribution in [0.5, 0.6) is 0 Å². The number of aliphatic hydroxyl groups is 2. The number of aryl methyl sites for hydroxylation is 1. The topological polar surface area (TPSA) is 252 Å². The maximum absolute atomic E-state index is 15.4. The highest BCUT2D eigenvalue weighted by atomic mass is 19.1. The third-order valence-electron chi connectivity index (χ3n) is 14.6. The molecule has 18 heteroatoms.